The van der Waals surface area contributed by atoms with Crippen LogP contribution in [0.5, 0.6) is 0 Å². The number of aliphatic carboxylic acids is 1. The number of nitrogens with zero attached hydrogens (tertiary/aromatic N) is 1. The van der Waals surface area contributed by atoms with E-state index in [0.717, 1.165) is 52.2 Å². The van der Waals surface area contributed by atoms with E-state index in [1.54, 1.807) is 11.3 Å². The molecule has 2 heterocycles. The standard InChI is InChI=1S/C31H28N2O3S/c1-19(27-17-24-5-3-4-6-26(24)37-27)32-29-20(2)33-36-30(29)23-9-7-21(8-10-23)22-11-13-25(14-12-22)31(15-16-31)18-28(34)35/h3-14,17,19,32H,15-16,18H2,1-2H3,(H,34,35). The maximum Gasteiger partial charge on any atom is 0.304 e. The number of thiophene rings is 1. The molecular formula is C31H28N2O3S. The summed E-state index contributed by atoms with van der Waals surface area (Å²) in [5.41, 5.74) is 5.86. The fourth-order valence-corrected chi connectivity index (χ4v) is 6.15. The molecule has 0 radical (unpaired) electrons. The fourth-order valence-electron chi connectivity index (χ4n) is 5.08. The lowest BCUT2D eigenvalue weighted by molar-refractivity contribution is -0.137. The van der Waals surface area contributed by atoms with Crippen molar-refractivity contribution in [2.75, 3.05) is 5.32 Å². The topological polar surface area (TPSA) is 75.4 Å². The molecular weight excluding hydrogens is 480 g/mol. The molecule has 5 nitrogen and oxygen atoms in total. The van der Waals surface area contributed by atoms with Gasteiger partial charge in [0.15, 0.2) is 5.76 Å². The van der Waals surface area contributed by atoms with Crippen LogP contribution in [-0.4, -0.2) is 16.2 Å². The Morgan fingerprint density at radius 1 is 1.03 bits per heavy atom. The highest BCUT2D eigenvalue weighted by Gasteiger charge is 2.45. The molecule has 37 heavy (non-hydrogen) atoms. The number of benzene rings is 3. The summed E-state index contributed by atoms with van der Waals surface area (Å²) in [6, 6.07) is 27.4. The van der Waals surface area contributed by atoms with Gasteiger partial charge in [-0.15, -0.1) is 11.3 Å². The molecule has 2 aromatic heterocycles. The van der Waals surface area contributed by atoms with Gasteiger partial charge in [0, 0.05) is 20.6 Å². The number of carboxylic acid groups (broad SMARTS) is 1. The van der Waals surface area contributed by atoms with Gasteiger partial charge in [0.2, 0.25) is 0 Å². The Bertz CT molecular complexity index is 1540. The van der Waals surface area contributed by atoms with Crippen LogP contribution in [0.3, 0.4) is 0 Å². The van der Waals surface area contributed by atoms with E-state index in [9.17, 15) is 9.90 Å². The smallest absolute Gasteiger partial charge is 0.304 e. The Hall–Kier alpha value is -3.90. The SMILES string of the molecule is Cc1noc(-c2ccc(-c3ccc(C4(CC(=O)O)CC4)cc3)cc2)c1NC(C)c1cc2ccccc2s1. The fraction of sp³-hybridized carbons (Fsp3) is 0.226. The molecule has 6 heteroatoms. The maximum absolute atomic E-state index is 11.2. The Balaban J connectivity index is 1.21. The van der Waals surface area contributed by atoms with Gasteiger partial charge < -0.3 is 14.9 Å². The minimum absolute atomic E-state index is 0.114. The number of carbonyl (C=O) groups is 1. The van der Waals surface area contributed by atoms with Gasteiger partial charge in [0.25, 0.3) is 0 Å². The normalized spacial score (nSPS) is 15.0. The first-order valence-electron chi connectivity index (χ1n) is 12.6. The van der Waals surface area contributed by atoms with Crippen LogP contribution >= 0.6 is 11.3 Å². The van der Waals surface area contributed by atoms with Crippen LogP contribution < -0.4 is 5.32 Å². The summed E-state index contributed by atoms with van der Waals surface area (Å²) in [7, 11) is 0. The number of aromatic nitrogens is 1. The second kappa shape index (κ2) is 9.20. The predicted octanol–water partition coefficient (Wildman–Crippen LogP) is 8.21. The molecule has 0 amide bonds. The summed E-state index contributed by atoms with van der Waals surface area (Å²) in [5.74, 6) is 0.00333. The number of anilines is 1. The molecule has 3 aromatic carbocycles. The quantitative estimate of drug-likeness (QED) is 0.221. The zero-order valence-corrected chi connectivity index (χ0v) is 21.6. The first kappa shape index (κ1) is 23.5. The van der Waals surface area contributed by atoms with Crippen molar-refractivity contribution in [3.05, 3.63) is 95.0 Å². The van der Waals surface area contributed by atoms with Gasteiger partial charge in [0.05, 0.1) is 12.5 Å². The molecule has 1 aliphatic rings. The second-order valence-electron chi connectivity index (χ2n) is 10.0. The Morgan fingerprint density at radius 2 is 1.68 bits per heavy atom. The highest BCUT2D eigenvalue weighted by atomic mass is 32.1. The van der Waals surface area contributed by atoms with Crippen LogP contribution in [0.2, 0.25) is 0 Å². The van der Waals surface area contributed by atoms with E-state index in [-0.39, 0.29) is 17.9 Å². The van der Waals surface area contributed by atoms with E-state index in [1.807, 2.05) is 6.92 Å². The van der Waals surface area contributed by atoms with Crippen molar-refractivity contribution < 1.29 is 14.4 Å². The van der Waals surface area contributed by atoms with Crippen molar-refractivity contribution in [2.45, 2.75) is 44.6 Å². The molecule has 2 N–H and O–H groups in total. The van der Waals surface area contributed by atoms with Gasteiger partial charge in [0.1, 0.15) is 11.4 Å². The second-order valence-corrected chi connectivity index (χ2v) is 11.1. The van der Waals surface area contributed by atoms with Crippen LogP contribution in [0, 0.1) is 6.92 Å². The molecule has 1 unspecified atom stereocenters. The number of hydrogen-bond acceptors (Lipinski definition) is 5. The number of aryl methyl sites for hydroxylation is 1. The van der Waals surface area contributed by atoms with E-state index < -0.39 is 5.97 Å². The van der Waals surface area contributed by atoms with Gasteiger partial charge in [-0.05, 0) is 60.9 Å². The van der Waals surface area contributed by atoms with Crippen molar-refractivity contribution in [3.63, 3.8) is 0 Å². The van der Waals surface area contributed by atoms with Crippen molar-refractivity contribution in [2.24, 2.45) is 0 Å². The Labute approximate surface area is 219 Å². The molecule has 0 spiro atoms. The lowest BCUT2D eigenvalue weighted by atomic mass is 9.91. The molecule has 1 atom stereocenters. The molecule has 1 saturated carbocycles. The first-order chi connectivity index (χ1) is 17.9. The van der Waals surface area contributed by atoms with Gasteiger partial charge in [-0.2, -0.15) is 0 Å². The van der Waals surface area contributed by atoms with E-state index >= 15 is 0 Å². The van der Waals surface area contributed by atoms with Crippen LogP contribution in [0.25, 0.3) is 32.5 Å². The largest absolute Gasteiger partial charge is 0.481 e. The lowest BCUT2D eigenvalue weighted by Gasteiger charge is -2.14. The minimum atomic E-state index is -0.730. The van der Waals surface area contributed by atoms with Gasteiger partial charge in [-0.25, -0.2) is 0 Å². The third-order valence-electron chi connectivity index (χ3n) is 7.42. The van der Waals surface area contributed by atoms with Crippen molar-refractivity contribution >= 4 is 33.1 Å². The average Bonchev–Trinajstić information content (AvgIpc) is 3.39. The third-order valence-corrected chi connectivity index (χ3v) is 8.71. The van der Waals surface area contributed by atoms with E-state index in [2.05, 4.69) is 96.3 Å². The third kappa shape index (κ3) is 4.53. The highest BCUT2D eigenvalue weighted by Crippen LogP contribution is 2.51. The molecule has 5 aromatic rings. The molecule has 1 fully saturated rings. The summed E-state index contributed by atoms with van der Waals surface area (Å²) < 4.78 is 7.04. The summed E-state index contributed by atoms with van der Waals surface area (Å²) in [5, 5.41) is 18.4. The molecule has 6 rings (SSSR count). The summed E-state index contributed by atoms with van der Waals surface area (Å²) in [6.07, 6.45) is 2.10. The Morgan fingerprint density at radius 3 is 2.32 bits per heavy atom. The van der Waals surface area contributed by atoms with E-state index in [4.69, 9.17) is 4.52 Å². The average molecular weight is 509 g/mol. The maximum atomic E-state index is 11.2. The summed E-state index contributed by atoms with van der Waals surface area (Å²) >= 11 is 1.80. The summed E-state index contributed by atoms with van der Waals surface area (Å²) in [4.78, 5) is 12.5. The van der Waals surface area contributed by atoms with E-state index in [0.29, 0.717) is 0 Å². The molecule has 186 valence electrons. The molecule has 0 bridgehead atoms. The van der Waals surface area contributed by atoms with Crippen LogP contribution in [0.4, 0.5) is 5.69 Å². The number of fused-ring (bicyclic) bond motifs is 1. The highest BCUT2D eigenvalue weighted by molar-refractivity contribution is 7.19. The monoisotopic (exact) mass is 508 g/mol. The number of nitrogens with one attached hydrogen (secondary N) is 1. The van der Waals surface area contributed by atoms with Crippen molar-refractivity contribution in [3.8, 4) is 22.5 Å². The van der Waals surface area contributed by atoms with Crippen molar-refractivity contribution in [1.29, 1.82) is 0 Å². The van der Waals surface area contributed by atoms with Crippen molar-refractivity contribution in [1.82, 2.24) is 5.16 Å². The molecule has 0 aliphatic heterocycles. The summed E-state index contributed by atoms with van der Waals surface area (Å²) in [6.45, 7) is 4.12. The van der Waals surface area contributed by atoms with Crippen LogP contribution in [0.1, 0.15) is 48.4 Å². The zero-order valence-electron chi connectivity index (χ0n) is 20.8. The first-order valence-corrected chi connectivity index (χ1v) is 13.4. The minimum Gasteiger partial charge on any atom is -0.481 e. The number of hydrogen-bond donors (Lipinski definition) is 2. The number of carboxylic acids is 1. The molecule has 1 aliphatic carbocycles. The lowest BCUT2D eigenvalue weighted by Crippen LogP contribution is -2.12. The van der Waals surface area contributed by atoms with Gasteiger partial charge >= 0.3 is 5.97 Å². The van der Waals surface area contributed by atoms with Crippen LogP contribution in [-0.2, 0) is 10.2 Å². The predicted molar refractivity (Wildman–Crippen MR) is 149 cm³/mol. The van der Waals surface area contributed by atoms with E-state index in [1.165, 1.54) is 15.0 Å². The Kier molecular flexibility index (Phi) is 5.84. The zero-order chi connectivity index (χ0) is 25.6. The number of rotatable bonds is 8. The molecule has 0 saturated heterocycles. The van der Waals surface area contributed by atoms with Gasteiger partial charge in [-0.1, -0.05) is 71.9 Å². The van der Waals surface area contributed by atoms with Gasteiger partial charge in [-0.3, -0.25) is 4.79 Å². The van der Waals surface area contributed by atoms with Crippen LogP contribution in [0.15, 0.2) is 83.4 Å².